The summed E-state index contributed by atoms with van der Waals surface area (Å²) in [5, 5.41) is 14.9. The smallest absolute Gasteiger partial charge is 0.293 e. The minimum Gasteiger partial charge on any atom is -0.293 e. The highest BCUT2D eigenvalue weighted by Crippen LogP contribution is 2.40. The maximum Gasteiger partial charge on any atom is 0.416 e. The number of rotatable bonds is 6. The minimum absolute atomic E-state index is 0.0841. The summed E-state index contributed by atoms with van der Waals surface area (Å²) in [4.78, 5) is 15.0. The molecule has 2 aromatic heterocycles. The maximum absolute atomic E-state index is 13.2. The molecule has 0 aliphatic carbocycles. The average Bonchev–Trinajstić information content (AvgIpc) is 3.51. The van der Waals surface area contributed by atoms with Gasteiger partial charge in [-0.2, -0.15) is 31.6 Å². The molecule has 1 saturated heterocycles. The van der Waals surface area contributed by atoms with E-state index in [0.29, 0.717) is 51.4 Å². The highest BCUT2D eigenvalue weighted by molar-refractivity contribution is 8.26. The fourth-order valence-electron chi connectivity index (χ4n) is 3.21. The van der Waals surface area contributed by atoms with Gasteiger partial charge in [0.15, 0.2) is 5.82 Å². The van der Waals surface area contributed by atoms with Crippen molar-refractivity contribution in [2.75, 3.05) is 6.54 Å². The third-order valence-corrected chi connectivity index (χ3v) is 7.12. The van der Waals surface area contributed by atoms with Gasteiger partial charge in [-0.1, -0.05) is 29.2 Å². The second-order valence-corrected chi connectivity index (χ2v) is 9.92. The first-order valence-corrected chi connectivity index (χ1v) is 11.9. The Bertz CT molecular complexity index is 1250. The van der Waals surface area contributed by atoms with Crippen LogP contribution in [0.1, 0.15) is 28.2 Å². The minimum atomic E-state index is -4.94. The van der Waals surface area contributed by atoms with Gasteiger partial charge in [-0.05, 0) is 53.3 Å². The highest BCUT2D eigenvalue weighted by Gasteiger charge is 2.37. The maximum atomic E-state index is 13.2. The number of hydrogen-bond acceptors (Lipinski definition) is 7. The van der Waals surface area contributed by atoms with Crippen LogP contribution in [0.4, 0.5) is 26.3 Å². The van der Waals surface area contributed by atoms with Crippen LogP contribution in [0.2, 0.25) is 0 Å². The first kappa shape index (κ1) is 25.3. The molecule has 0 radical (unpaired) electrons. The van der Waals surface area contributed by atoms with E-state index in [9.17, 15) is 31.1 Å². The number of aryl methyl sites for hydroxylation is 1. The molecule has 1 fully saturated rings. The van der Waals surface area contributed by atoms with Crippen LogP contribution < -0.4 is 0 Å². The number of alkyl halides is 6. The zero-order chi connectivity index (χ0) is 25.4. The molecule has 3 heterocycles. The van der Waals surface area contributed by atoms with E-state index in [2.05, 4.69) is 20.6 Å². The van der Waals surface area contributed by atoms with Crippen LogP contribution in [0.15, 0.2) is 34.6 Å². The Balaban J connectivity index is 1.53. The summed E-state index contributed by atoms with van der Waals surface area (Å²) in [6.07, 6.45) is -7.33. The highest BCUT2D eigenvalue weighted by atomic mass is 32.2. The number of carbonyl (C=O) groups is 1. The van der Waals surface area contributed by atoms with Crippen LogP contribution in [-0.4, -0.2) is 42.3 Å². The molecule has 0 bridgehead atoms. The second kappa shape index (κ2) is 9.70. The Hall–Kier alpha value is -2.78. The zero-order valence-corrected chi connectivity index (χ0v) is 19.7. The van der Waals surface area contributed by atoms with Crippen LogP contribution in [0, 0.1) is 0 Å². The molecule has 1 N–H and O–H groups in total. The number of carbonyl (C=O) groups excluding carboxylic acids is 1. The molecule has 1 amide bonds. The lowest BCUT2D eigenvalue weighted by atomic mass is 10.0. The molecule has 1 aliphatic heterocycles. The Morgan fingerprint density at radius 2 is 1.71 bits per heavy atom. The molecular formula is C20H13F6N5OS3. The predicted molar refractivity (Wildman–Crippen MR) is 122 cm³/mol. The van der Waals surface area contributed by atoms with Crippen LogP contribution >= 0.6 is 35.3 Å². The topological polar surface area (TPSA) is 74.8 Å². The quantitative estimate of drug-likeness (QED) is 0.238. The summed E-state index contributed by atoms with van der Waals surface area (Å²) in [7, 11) is 0. The number of hydrogen-bond donors (Lipinski definition) is 1. The molecule has 0 unspecified atom stereocenters. The van der Waals surface area contributed by atoms with Gasteiger partial charge in [-0.15, -0.1) is 21.5 Å². The van der Waals surface area contributed by atoms with Crippen molar-refractivity contribution in [3.63, 3.8) is 0 Å². The fourth-order valence-corrected chi connectivity index (χ4v) is 5.43. The van der Waals surface area contributed by atoms with E-state index in [0.717, 1.165) is 23.1 Å². The third-order valence-electron chi connectivity index (χ3n) is 4.86. The van der Waals surface area contributed by atoms with E-state index in [1.54, 1.807) is 0 Å². The van der Waals surface area contributed by atoms with Crippen LogP contribution in [0.5, 0.6) is 0 Å². The van der Waals surface area contributed by atoms with Gasteiger partial charge in [0.05, 0.1) is 16.0 Å². The summed E-state index contributed by atoms with van der Waals surface area (Å²) in [5.74, 6) is 0.168. The number of tetrazole rings is 1. The Morgan fingerprint density at radius 1 is 1.03 bits per heavy atom. The molecule has 0 spiro atoms. The van der Waals surface area contributed by atoms with Crippen molar-refractivity contribution < 1.29 is 31.1 Å². The SMILES string of the molecule is O=C1C(=Cc2cc(-c3cc(C(F)(F)F)cc(C(F)(F)F)c3)cs2)SC(=S)N1CCCc1nn[nH]n1. The summed E-state index contributed by atoms with van der Waals surface area (Å²) < 4.78 is 79.4. The van der Waals surface area contributed by atoms with Crippen molar-refractivity contribution in [1.82, 2.24) is 25.5 Å². The van der Waals surface area contributed by atoms with Crippen molar-refractivity contribution in [2.45, 2.75) is 25.2 Å². The predicted octanol–water partition coefficient (Wildman–Crippen LogP) is 5.80. The van der Waals surface area contributed by atoms with Crippen LogP contribution in [-0.2, 0) is 23.6 Å². The van der Waals surface area contributed by atoms with Crippen molar-refractivity contribution in [3.8, 4) is 11.1 Å². The number of benzene rings is 1. The van der Waals surface area contributed by atoms with Crippen LogP contribution in [0.3, 0.4) is 0 Å². The number of nitrogens with zero attached hydrogens (tertiary/aromatic N) is 4. The first-order chi connectivity index (χ1) is 16.4. The van der Waals surface area contributed by atoms with Gasteiger partial charge in [0.2, 0.25) is 0 Å². The molecule has 4 rings (SSSR count). The fraction of sp³-hybridized carbons (Fsp3) is 0.250. The Kier molecular flexibility index (Phi) is 7.02. The number of halogens is 6. The van der Waals surface area contributed by atoms with Crippen LogP contribution in [0.25, 0.3) is 17.2 Å². The third kappa shape index (κ3) is 5.90. The molecule has 15 heteroatoms. The van der Waals surface area contributed by atoms with Gasteiger partial charge in [-0.3, -0.25) is 9.69 Å². The standard InChI is InChI=1S/C20H13F6N5OS3/c21-19(22,23)12-4-10(5-13(7-12)20(24,25)26)11-6-14(34-9-11)8-15-17(32)31(18(33)35-15)3-1-2-16-27-29-30-28-16/h4-9H,1-3H2,(H,27,28,29,30). The number of thiocarbonyl (C=S) groups is 1. The monoisotopic (exact) mass is 549 g/mol. The molecular weight excluding hydrogens is 536 g/mol. The van der Waals surface area contributed by atoms with Crippen molar-refractivity contribution >= 4 is 51.6 Å². The number of thiophene rings is 1. The van der Waals surface area contributed by atoms with E-state index < -0.39 is 23.5 Å². The lowest BCUT2D eigenvalue weighted by Gasteiger charge is -2.13. The Morgan fingerprint density at radius 3 is 2.31 bits per heavy atom. The van der Waals surface area contributed by atoms with E-state index in [1.165, 1.54) is 22.4 Å². The van der Waals surface area contributed by atoms with E-state index >= 15 is 0 Å². The summed E-state index contributed by atoms with van der Waals surface area (Å²) in [6, 6.07) is 2.86. The molecule has 0 saturated carbocycles. The summed E-state index contributed by atoms with van der Waals surface area (Å²) >= 11 is 7.43. The average molecular weight is 550 g/mol. The van der Waals surface area contributed by atoms with Crippen molar-refractivity contribution in [3.05, 3.63) is 56.4 Å². The van der Waals surface area contributed by atoms with Gasteiger partial charge >= 0.3 is 12.4 Å². The molecule has 3 aromatic rings. The molecule has 35 heavy (non-hydrogen) atoms. The normalized spacial score (nSPS) is 16.1. The summed E-state index contributed by atoms with van der Waals surface area (Å²) in [6.45, 7) is 0.330. The number of nitrogens with one attached hydrogen (secondary N) is 1. The molecule has 6 nitrogen and oxygen atoms in total. The van der Waals surface area contributed by atoms with Gasteiger partial charge in [-0.25, -0.2) is 0 Å². The Labute approximate surface area is 207 Å². The van der Waals surface area contributed by atoms with Gasteiger partial charge in [0.1, 0.15) is 4.32 Å². The zero-order valence-electron chi connectivity index (χ0n) is 17.3. The number of aromatic amines is 1. The number of H-pyrrole nitrogens is 1. The second-order valence-electron chi connectivity index (χ2n) is 7.30. The summed E-state index contributed by atoms with van der Waals surface area (Å²) in [5.41, 5.74) is -2.83. The van der Waals surface area contributed by atoms with E-state index in [4.69, 9.17) is 12.2 Å². The lowest BCUT2D eigenvalue weighted by Crippen LogP contribution is -2.29. The lowest BCUT2D eigenvalue weighted by molar-refractivity contribution is -0.143. The molecule has 0 atom stereocenters. The molecule has 1 aliphatic rings. The number of amides is 1. The van der Waals surface area contributed by atoms with Gasteiger partial charge in [0.25, 0.3) is 5.91 Å². The molecule has 184 valence electrons. The van der Waals surface area contributed by atoms with Gasteiger partial charge in [0, 0.05) is 17.8 Å². The van der Waals surface area contributed by atoms with Gasteiger partial charge < -0.3 is 0 Å². The molecule has 1 aromatic carbocycles. The van der Waals surface area contributed by atoms with Crippen molar-refractivity contribution in [2.24, 2.45) is 0 Å². The van der Waals surface area contributed by atoms with E-state index in [-0.39, 0.29) is 23.1 Å². The van der Waals surface area contributed by atoms with Crippen molar-refractivity contribution in [1.29, 1.82) is 0 Å². The number of aromatic nitrogens is 4. The first-order valence-electron chi connectivity index (χ1n) is 9.78. The van der Waals surface area contributed by atoms with E-state index in [1.807, 2.05) is 0 Å². The largest absolute Gasteiger partial charge is 0.416 e. The number of thioether (sulfide) groups is 1.